The predicted octanol–water partition coefficient (Wildman–Crippen LogP) is 1.47. The second-order valence-corrected chi connectivity index (χ2v) is 5.82. The number of nitrogens with one attached hydrogen (secondary N) is 1. The largest absolute Gasteiger partial charge is 0.395 e. The maximum Gasteiger partial charge on any atom is 0.0558 e. The Hall–Kier alpha value is -0.120. The van der Waals surface area contributed by atoms with Crippen molar-refractivity contribution in [1.82, 2.24) is 10.2 Å². The highest BCUT2D eigenvalue weighted by Crippen LogP contribution is 2.24. The van der Waals surface area contributed by atoms with Crippen molar-refractivity contribution in [1.29, 1.82) is 0 Å². The van der Waals surface area contributed by atoms with E-state index in [1.165, 1.54) is 64.7 Å². The molecule has 1 saturated carbocycles. The number of nitrogens with zero attached hydrogens (tertiary/aromatic N) is 1. The van der Waals surface area contributed by atoms with Gasteiger partial charge in [-0.2, -0.15) is 0 Å². The lowest BCUT2D eigenvalue weighted by molar-refractivity contribution is 0.146. The minimum absolute atomic E-state index is 0.310. The normalized spacial score (nSPS) is 24.5. The fourth-order valence-corrected chi connectivity index (χ4v) is 3.26. The summed E-state index contributed by atoms with van der Waals surface area (Å²) in [6.07, 6.45) is 8.40. The Labute approximate surface area is 106 Å². The van der Waals surface area contributed by atoms with E-state index >= 15 is 0 Å². The third kappa shape index (κ3) is 4.57. The second kappa shape index (κ2) is 7.34. The summed E-state index contributed by atoms with van der Waals surface area (Å²) in [4.78, 5) is 2.38. The van der Waals surface area contributed by atoms with Crippen molar-refractivity contribution >= 4 is 0 Å². The van der Waals surface area contributed by atoms with E-state index in [0.717, 1.165) is 18.4 Å². The summed E-state index contributed by atoms with van der Waals surface area (Å²) in [7, 11) is 0. The van der Waals surface area contributed by atoms with Gasteiger partial charge in [0.25, 0.3) is 0 Å². The molecule has 17 heavy (non-hydrogen) atoms. The molecule has 3 heteroatoms. The molecule has 2 rings (SSSR count). The van der Waals surface area contributed by atoms with E-state index in [-0.39, 0.29) is 0 Å². The smallest absolute Gasteiger partial charge is 0.0558 e. The summed E-state index contributed by atoms with van der Waals surface area (Å²) in [6, 6.07) is 0. The van der Waals surface area contributed by atoms with Crippen LogP contribution in [0.4, 0.5) is 0 Å². The van der Waals surface area contributed by atoms with Crippen LogP contribution in [-0.4, -0.2) is 49.3 Å². The lowest BCUT2D eigenvalue weighted by Crippen LogP contribution is -2.39. The monoisotopic (exact) mass is 240 g/mol. The van der Waals surface area contributed by atoms with Gasteiger partial charge in [-0.25, -0.2) is 0 Å². The molecule has 1 heterocycles. The summed E-state index contributed by atoms with van der Waals surface area (Å²) in [5.41, 5.74) is 0. The minimum Gasteiger partial charge on any atom is -0.395 e. The molecule has 0 aromatic heterocycles. The fourth-order valence-electron chi connectivity index (χ4n) is 3.26. The van der Waals surface area contributed by atoms with Gasteiger partial charge in [0.15, 0.2) is 0 Å². The first-order valence-corrected chi connectivity index (χ1v) is 7.42. The molecule has 0 unspecified atom stereocenters. The molecule has 2 N–H and O–H groups in total. The van der Waals surface area contributed by atoms with Gasteiger partial charge in [0.1, 0.15) is 0 Å². The van der Waals surface area contributed by atoms with E-state index < -0.39 is 0 Å². The SMILES string of the molecule is OCCN1CCC(CNCC2CCCC2)CC1. The molecule has 0 aromatic rings. The first-order chi connectivity index (χ1) is 8.38. The van der Waals surface area contributed by atoms with E-state index in [9.17, 15) is 0 Å². The average Bonchev–Trinajstić information content (AvgIpc) is 2.85. The van der Waals surface area contributed by atoms with Gasteiger partial charge in [-0.15, -0.1) is 0 Å². The number of rotatable bonds is 6. The Bertz CT molecular complexity index is 196. The Morgan fingerprint density at radius 2 is 1.53 bits per heavy atom. The van der Waals surface area contributed by atoms with Crippen molar-refractivity contribution in [2.75, 3.05) is 39.3 Å². The van der Waals surface area contributed by atoms with Crippen molar-refractivity contribution < 1.29 is 5.11 Å². The van der Waals surface area contributed by atoms with Crippen molar-refractivity contribution in [2.24, 2.45) is 11.8 Å². The zero-order chi connectivity index (χ0) is 11.9. The lowest BCUT2D eigenvalue weighted by atomic mass is 9.96. The van der Waals surface area contributed by atoms with Crippen LogP contribution in [0.25, 0.3) is 0 Å². The molecule has 0 aromatic carbocycles. The van der Waals surface area contributed by atoms with Gasteiger partial charge in [0, 0.05) is 6.54 Å². The summed E-state index contributed by atoms with van der Waals surface area (Å²) >= 11 is 0. The van der Waals surface area contributed by atoms with E-state index in [4.69, 9.17) is 5.11 Å². The molecule has 0 amide bonds. The minimum atomic E-state index is 0.310. The van der Waals surface area contributed by atoms with Crippen molar-refractivity contribution in [2.45, 2.75) is 38.5 Å². The molecule has 0 spiro atoms. The number of likely N-dealkylation sites (tertiary alicyclic amines) is 1. The van der Waals surface area contributed by atoms with Crippen molar-refractivity contribution in [3.05, 3.63) is 0 Å². The maximum absolute atomic E-state index is 8.89. The number of aliphatic hydroxyl groups is 1. The molecular formula is C14H28N2O. The molecule has 2 aliphatic rings. The van der Waals surface area contributed by atoms with E-state index in [1.54, 1.807) is 0 Å². The van der Waals surface area contributed by atoms with Gasteiger partial charge >= 0.3 is 0 Å². The maximum atomic E-state index is 8.89. The molecule has 0 atom stereocenters. The van der Waals surface area contributed by atoms with E-state index in [2.05, 4.69) is 10.2 Å². The molecular weight excluding hydrogens is 212 g/mol. The number of hydrogen-bond acceptors (Lipinski definition) is 3. The summed E-state index contributed by atoms with van der Waals surface area (Å²) < 4.78 is 0. The molecule has 0 bridgehead atoms. The first-order valence-electron chi connectivity index (χ1n) is 7.42. The standard InChI is InChI=1S/C14H28N2O/c17-10-9-16-7-5-14(6-8-16)12-15-11-13-3-1-2-4-13/h13-15,17H,1-12H2. The topological polar surface area (TPSA) is 35.5 Å². The van der Waals surface area contributed by atoms with Crippen LogP contribution in [0.3, 0.4) is 0 Å². The van der Waals surface area contributed by atoms with Crippen LogP contribution in [0.2, 0.25) is 0 Å². The fraction of sp³-hybridized carbons (Fsp3) is 1.00. The predicted molar refractivity (Wildman–Crippen MR) is 71.1 cm³/mol. The molecule has 1 aliphatic carbocycles. The van der Waals surface area contributed by atoms with Crippen LogP contribution in [0, 0.1) is 11.8 Å². The number of hydrogen-bond donors (Lipinski definition) is 2. The third-order valence-corrected chi connectivity index (χ3v) is 4.46. The Kier molecular flexibility index (Phi) is 5.75. The van der Waals surface area contributed by atoms with Crippen LogP contribution in [-0.2, 0) is 0 Å². The molecule has 100 valence electrons. The van der Waals surface area contributed by atoms with Crippen LogP contribution < -0.4 is 5.32 Å². The van der Waals surface area contributed by atoms with Gasteiger partial charge in [-0.3, -0.25) is 0 Å². The first kappa shape index (κ1) is 13.3. The van der Waals surface area contributed by atoms with Gasteiger partial charge in [0.05, 0.1) is 6.61 Å². The van der Waals surface area contributed by atoms with Crippen LogP contribution in [0.5, 0.6) is 0 Å². The van der Waals surface area contributed by atoms with Crippen LogP contribution >= 0.6 is 0 Å². The Balaban J connectivity index is 1.52. The lowest BCUT2D eigenvalue weighted by Gasteiger charge is -2.31. The van der Waals surface area contributed by atoms with Gasteiger partial charge < -0.3 is 15.3 Å². The van der Waals surface area contributed by atoms with Crippen molar-refractivity contribution in [3.8, 4) is 0 Å². The summed E-state index contributed by atoms with van der Waals surface area (Å²) in [5.74, 6) is 1.83. The molecule has 1 aliphatic heterocycles. The van der Waals surface area contributed by atoms with Gasteiger partial charge in [0.2, 0.25) is 0 Å². The molecule has 0 radical (unpaired) electrons. The zero-order valence-electron chi connectivity index (χ0n) is 11.0. The molecule has 2 fully saturated rings. The van der Waals surface area contributed by atoms with Gasteiger partial charge in [-0.05, 0) is 63.7 Å². The van der Waals surface area contributed by atoms with Crippen LogP contribution in [0.1, 0.15) is 38.5 Å². The highest BCUT2D eigenvalue weighted by Gasteiger charge is 2.19. The van der Waals surface area contributed by atoms with Gasteiger partial charge in [-0.1, -0.05) is 12.8 Å². The van der Waals surface area contributed by atoms with Crippen molar-refractivity contribution in [3.63, 3.8) is 0 Å². The van der Waals surface area contributed by atoms with E-state index in [0.29, 0.717) is 6.61 Å². The Morgan fingerprint density at radius 3 is 2.12 bits per heavy atom. The molecule has 3 nitrogen and oxygen atoms in total. The third-order valence-electron chi connectivity index (χ3n) is 4.46. The highest BCUT2D eigenvalue weighted by atomic mass is 16.3. The summed E-state index contributed by atoms with van der Waals surface area (Å²) in [5, 5.41) is 12.6. The quantitative estimate of drug-likeness (QED) is 0.738. The molecule has 1 saturated heterocycles. The number of piperidine rings is 1. The second-order valence-electron chi connectivity index (χ2n) is 5.82. The summed E-state index contributed by atoms with van der Waals surface area (Å²) in [6.45, 7) is 5.99. The van der Waals surface area contributed by atoms with Crippen LogP contribution in [0.15, 0.2) is 0 Å². The van der Waals surface area contributed by atoms with E-state index in [1.807, 2.05) is 0 Å². The highest BCUT2D eigenvalue weighted by molar-refractivity contribution is 4.75. The number of aliphatic hydroxyl groups excluding tert-OH is 1. The average molecular weight is 240 g/mol. The number of β-amino-alcohol motifs (C(OH)–C–C–N with tert-alkyl or cyclic N) is 1. The zero-order valence-corrected chi connectivity index (χ0v) is 11.0. The Morgan fingerprint density at radius 1 is 0.941 bits per heavy atom.